The third-order valence-electron chi connectivity index (χ3n) is 11.3. The third kappa shape index (κ3) is 19.2. The zero-order valence-corrected chi connectivity index (χ0v) is 46.9. The van der Waals surface area contributed by atoms with Crippen molar-refractivity contribution >= 4 is 89.4 Å². The molecular formula is C57H79ClN2O5S4. The number of thioether (sulfide) groups is 2. The Kier molecular flexibility index (Phi) is 22.8. The van der Waals surface area contributed by atoms with E-state index in [4.69, 9.17) is 16.3 Å². The average molecular weight is 1040 g/mol. The largest absolute Gasteiger partial charge is 0.507 e. The number of hydrogen-bond acceptors (Lipinski definition) is 11. The van der Waals surface area contributed by atoms with Crippen molar-refractivity contribution in [1.29, 1.82) is 0 Å². The average Bonchev–Trinajstić information content (AvgIpc) is 3.88. The molecule has 0 aliphatic carbocycles. The number of phenolic OH excluding ortho intramolecular Hbond substituents is 1. The summed E-state index contributed by atoms with van der Waals surface area (Å²) in [4.78, 5) is 32.8. The molecule has 2 unspecified atom stereocenters. The van der Waals surface area contributed by atoms with Crippen LogP contribution in [0.5, 0.6) is 5.75 Å². The lowest BCUT2D eigenvalue weighted by atomic mass is 9.78. The molecule has 0 aliphatic rings. The number of phenols is 1. The van der Waals surface area contributed by atoms with E-state index in [0.29, 0.717) is 31.4 Å². The van der Waals surface area contributed by atoms with Crippen molar-refractivity contribution in [3.8, 4) is 5.75 Å². The Morgan fingerprint density at radius 1 is 0.638 bits per heavy atom. The van der Waals surface area contributed by atoms with Crippen LogP contribution >= 0.6 is 57.8 Å². The molecule has 12 heteroatoms. The summed E-state index contributed by atoms with van der Waals surface area (Å²) in [6.45, 7) is 29.9. The number of rotatable bonds is 15. The molecule has 2 N–H and O–H groups in total. The smallest absolute Gasteiger partial charge is 0.306 e. The quantitative estimate of drug-likeness (QED) is 0.0590. The van der Waals surface area contributed by atoms with Crippen LogP contribution in [0.4, 0.5) is 0 Å². The number of hydrogen-bond donors (Lipinski definition) is 2. The summed E-state index contributed by atoms with van der Waals surface area (Å²) in [7, 11) is 0. The van der Waals surface area contributed by atoms with E-state index in [1.54, 1.807) is 46.2 Å². The van der Waals surface area contributed by atoms with Crippen LogP contribution in [-0.4, -0.2) is 55.1 Å². The summed E-state index contributed by atoms with van der Waals surface area (Å²) >= 11 is 12.1. The molecule has 0 fully saturated rings. The van der Waals surface area contributed by atoms with Gasteiger partial charge in [-0.25, -0.2) is 9.97 Å². The van der Waals surface area contributed by atoms with Crippen LogP contribution in [0.15, 0.2) is 87.5 Å². The van der Waals surface area contributed by atoms with E-state index in [0.717, 1.165) is 60.8 Å². The maximum atomic E-state index is 12.7. The summed E-state index contributed by atoms with van der Waals surface area (Å²) in [5, 5.41) is 19.7. The van der Waals surface area contributed by atoms with E-state index in [9.17, 15) is 19.8 Å². The van der Waals surface area contributed by atoms with E-state index < -0.39 is 0 Å². The number of aliphatic hydroxyl groups excluding tert-OH is 1. The number of aromatic hydroxyl groups is 1. The fourth-order valence-electron chi connectivity index (χ4n) is 6.93. The molecule has 6 rings (SSSR count). The van der Waals surface area contributed by atoms with Gasteiger partial charge >= 0.3 is 5.97 Å². The van der Waals surface area contributed by atoms with Crippen molar-refractivity contribution < 1.29 is 24.5 Å². The molecular weight excluding hydrogens is 956 g/mol. The lowest BCUT2D eigenvalue weighted by Crippen LogP contribution is -2.20. The van der Waals surface area contributed by atoms with Crippen molar-refractivity contribution in [1.82, 2.24) is 9.97 Å². The van der Waals surface area contributed by atoms with E-state index >= 15 is 0 Å². The minimum absolute atomic E-state index is 0. The minimum atomic E-state index is -0.326. The lowest BCUT2D eigenvalue weighted by molar-refractivity contribution is -0.148. The van der Waals surface area contributed by atoms with Crippen molar-refractivity contribution in [2.75, 3.05) is 11.5 Å². The van der Waals surface area contributed by atoms with Gasteiger partial charge in [0.15, 0.2) is 8.68 Å². The van der Waals surface area contributed by atoms with Crippen LogP contribution in [0.3, 0.4) is 0 Å². The Balaban J connectivity index is 0.000000298. The van der Waals surface area contributed by atoms with Gasteiger partial charge in [0.2, 0.25) is 5.24 Å². The number of carbonyl (C=O) groups is 2. The van der Waals surface area contributed by atoms with Gasteiger partial charge in [0.25, 0.3) is 0 Å². The predicted octanol–water partition coefficient (Wildman–Crippen LogP) is 16.4. The monoisotopic (exact) mass is 1030 g/mol. The van der Waals surface area contributed by atoms with Gasteiger partial charge in [0, 0.05) is 24.3 Å². The second kappa shape index (κ2) is 26.3. The fraction of sp³-hybridized carbons (Fsp3) is 0.509. The first kappa shape index (κ1) is 59.9. The van der Waals surface area contributed by atoms with E-state index in [1.165, 1.54) is 26.1 Å². The minimum Gasteiger partial charge on any atom is -0.507 e. The van der Waals surface area contributed by atoms with Crippen molar-refractivity contribution in [3.05, 3.63) is 112 Å². The molecule has 69 heavy (non-hydrogen) atoms. The summed E-state index contributed by atoms with van der Waals surface area (Å²) in [5.74, 6) is 1.71. The first-order chi connectivity index (χ1) is 31.7. The zero-order chi connectivity index (χ0) is 50.6. The van der Waals surface area contributed by atoms with Gasteiger partial charge in [-0.15, -0.1) is 22.7 Å². The van der Waals surface area contributed by atoms with Gasteiger partial charge in [-0.1, -0.05) is 182 Å². The van der Waals surface area contributed by atoms with Crippen LogP contribution in [0.2, 0.25) is 0 Å². The van der Waals surface area contributed by atoms with E-state index in [2.05, 4.69) is 130 Å². The Bertz CT molecular complexity index is 2440. The van der Waals surface area contributed by atoms with Crippen LogP contribution in [0.25, 0.3) is 20.4 Å². The molecule has 0 amide bonds. The van der Waals surface area contributed by atoms with Gasteiger partial charge < -0.3 is 14.9 Å². The topological polar surface area (TPSA) is 110 Å². The third-order valence-corrected chi connectivity index (χ3v) is 16.1. The molecule has 0 aliphatic heterocycles. The molecule has 4 aromatic carbocycles. The molecule has 0 spiro atoms. The number of para-hydroxylation sites is 2. The Morgan fingerprint density at radius 2 is 1.07 bits per heavy atom. The first-order valence-electron chi connectivity index (χ1n) is 23.7. The Labute approximate surface area is 436 Å². The molecule has 2 heterocycles. The Morgan fingerprint density at radius 3 is 1.48 bits per heavy atom. The standard InChI is InChI=1S/C28H37NO2S2.C17H25ClO2.C11H13NOS2.CH4/c1-8-22(18-32-26-29-23-11-9-10-12-24(23)33-26)31-25(30)14-13-19-15-20(27(2,3)4)17-21(16-19)28(5,6)7;1-16(2,3)12-9-11(7-8-14(18)19)10-13(15(12)20)17(4,5)6;1-2-8(13)7-14-11-12-9-5-3-4-6-10(9)15-11;/h9-12,15-17,22H,8,13-14,18H2,1-7H3;9-10,20H,7-8H2,1-6H3;3-6,8,13H,2,7H2,1H3;1H4. The van der Waals surface area contributed by atoms with E-state index in [-0.39, 0.29) is 52.5 Å². The number of halogens is 1. The van der Waals surface area contributed by atoms with Crippen LogP contribution in [0, 0.1) is 0 Å². The fourth-order valence-corrected chi connectivity index (χ4v) is 11.4. The number of aromatic nitrogens is 2. The number of thiazole rings is 2. The van der Waals surface area contributed by atoms with Crippen molar-refractivity contribution in [2.24, 2.45) is 0 Å². The number of esters is 1. The second-order valence-corrected chi connectivity index (χ2v) is 26.4. The number of aliphatic hydroxyl groups is 1. The maximum Gasteiger partial charge on any atom is 0.306 e. The SMILES string of the molecule is C.CC(C)(C)c1cc(CCC(=O)Cl)cc(C(C)(C)C)c1O.CCC(CSc1nc2ccccc2s1)OC(=O)CCc1cc(C(C)(C)C)cc(C(C)(C)C)c1.CCC(O)CSc1nc2ccccc2s1. The lowest BCUT2D eigenvalue weighted by Gasteiger charge is -2.28. The maximum absolute atomic E-state index is 12.7. The molecule has 2 aromatic heterocycles. The van der Waals surface area contributed by atoms with Gasteiger partial charge in [0.05, 0.1) is 26.5 Å². The summed E-state index contributed by atoms with van der Waals surface area (Å²) in [6.07, 6.45) is 3.32. The highest BCUT2D eigenvalue weighted by Gasteiger charge is 2.27. The molecule has 2 atom stereocenters. The normalized spacial score (nSPS) is 12.9. The molecule has 7 nitrogen and oxygen atoms in total. The number of aryl methyl sites for hydroxylation is 2. The molecule has 0 saturated heterocycles. The van der Waals surface area contributed by atoms with Crippen LogP contribution in [-0.2, 0) is 48.8 Å². The number of fused-ring (bicyclic) bond motifs is 2. The first-order valence-corrected chi connectivity index (χ1v) is 27.7. The van der Waals surface area contributed by atoms with Gasteiger partial charge in [-0.3, -0.25) is 9.59 Å². The molecule has 0 saturated carbocycles. The van der Waals surface area contributed by atoms with Crippen LogP contribution in [0.1, 0.15) is 163 Å². The van der Waals surface area contributed by atoms with Crippen molar-refractivity contribution in [2.45, 2.75) is 185 Å². The summed E-state index contributed by atoms with van der Waals surface area (Å²) in [6, 6.07) is 27.1. The second-order valence-electron chi connectivity index (χ2n) is 21.4. The summed E-state index contributed by atoms with van der Waals surface area (Å²) < 4.78 is 10.3. The highest BCUT2D eigenvalue weighted by atomic mass is 35.5. The number of nitrogens with zero attached hydrogens (tertiary/aromatic N) is 2. The van der Waals surface area contributed by atoms with Gasteiger partial charge in [-0.05, 0) is 117 Å². The molecule has 6 aromatic rings. The summed E-state index contributed by atoms with van der Waals surface area (Å²) in [5.41, 5.74) is 8.66. The molecule has 0 radical (unpaired) electrons. The predicted molar refractivity (Wildman–Crippen MR) is 301 cm³/mol. The van der Waals surface area contributed by atoms with Gasteiger partial charge in [-0.2, -0.15) is 0 Å². The number of benzene rings is 4. The molecule has 378 valence electrons. The number of carbonyl (C=O) groups excluding carboxylic acids is 2. The van der Waals surface area contributed by atoms with Crippen LogP contribution < -0.4 is 0 Å². The van der Waals surface area contributed by atoms with Gasteiger partial charge in [0.1, 0.15) is 11.9 Å². The number of ether oxygens (including phenoxy) is 1. The Hall–Kier alpha value is -3.45. The van der Waals surface area contributed by atoms with E-state index in [1.807, 2.05) is 55.5 Å². The highest BCUT2D eigenvalue weighted by Crippen LogP contribution is 2.40. The van der Waals surface area contributed by atoms with Crippen molar-refractivity contribution in [3.63, 3.8) is 0 Å². The molecule has 0 bridgehead atoms. The highest BCUT2D eigenvalue weighted by molar-refractivity contribution is 8.01. The zero-order valence-electron chi connectivity index (χ0n) is 42.8.